The Hall–Kier alpha value is -0.220. The lowest BCUT2D eigenvalue weighted by Gasteiger charge is -2.25. The van der Waals surface area contributed by atoms with E-state index in [4.69, 9.17) is 5.14 Å². The maximum absolute atomic E-state index is 11.0. The highest BCUT2D eigenvalue weighted by Crippen LogP contribution is 2.01. The number of rotatable bonds is 7. The SMILES string of the molecule is CC(C)(CNCCS(N)(=O)=O)NS(C)(=O)=O. The van der Waals surface area contributed by atoms with Crippen molar-refractivity contribution in [3.63, 3.8) is 0 Å². The molecule has 0 rings (SSSR count). The van der Waals surface area contributed by atoms with E-state index in [9.17, 15) is 16.8 Å². The first-order valence-electron chi connectivity index (χ1n) is 4.61. The van der Waals surface area contributed by atoms with Gasteiger partial charge in [0.2, 0.25) is 20.0 Å². The highest BCUT2D eigenvalue weighted by atomic mass is 32.2. The predicted molar refractivity (Wildman–Crippen MR) is 62.9 cm³/mol. The van der Waals surface area contributed by atoms with Gasteiger partial charge in [0.1, 0.15) is 0 Å². The van der Waals surface area contributed by atoms with E-state index in [-0.39, 0.29) is 12.3 Å². The van der Waals surface area contributed by atoms with Crippen LogP contribution in [0.25, 0.3) is 0 Å². The molecule has 0 radical (unpaired) electrons. The van der Waals surface area contributed by atoms with Crippen molar-refractivity contribution < 1.29 is 16.8 Å². The van der Waals surface area contributed by atoms with Gasteiger partial charge in [0.15, 0.2) is 0 Å². The molecule has 4 N–H and O–H groups in total. The zero-order valence-electron chi connectivity index (χ0n) is 9.65. The Morgan fingerprint density at radius 1 is 1.19 bits per heavy atom. The van der Waals surface area contributed by atoms with Gasteiger partial charge >= 0.3 is 0 Å². The van der Waals surface area contributed by atoms with Crippen LogP contribution < -0.4 is 15.2 Å². The van der Waals surface area contributed by atoms with Gasteiger partial charge in [0.05, 0.1) is 12.0 Å². The molecule has 7 nitrogen and oxygen atoms in total. The summed E-state index contributed by atoms with van der Waals surface area (Å²) >= 11 is 0. The first kappa shape index (κ1) is 15.8. The Kier molecular flexibility index (Phi) is 5.33. The first-order chi connectivity index (χ1) is 6.91. The van der Waals surface area contributed by atoms with Crippen molar-refractivity contribution in [3.8, 4) is 0 Å². The molecule has 0 saturated heterocycles. The second-order valence-electron chi connectivity index (χ2n) is 4.30. The summed E-state index contributed by atoms with van der Waals surface area (Å²) in [7, 11) is -6.76. The second kappa shape index (κ2) is 5.41. The van der Waals surface area contributed by atoms with Crippen LogP contribution in [0.3, 0.4) is 0 Å². The molecule has 0 amide bonds. The van der Waals surface area contributed by atoms with Crippen LogP contribution in [0.1, 0.15) is 13.8 Å². The predicted octanol–water partition coefficient (Wildman–Crippen LogP) is -1.81. The molecular formula is C7H19N3O4S2. The molecule has 0 aliphatic carbocycles. The van der Waals surface area contributed by atoms with E-state index in [1.807, 2.05) is 0 Å². The zero-order valence-corrected chi connectivity index (χ0v) is 11.3. The third-order valence-electron chi connectivity index (χ3n) is 1.59. The van der Waals surface area contributed by atoms with Gasteiger partial charge in [-0.05, 0) is 13.8 Å². The monoisotopic (exact) mass is 273 g/mol. The quantitative estimate of drug-likeness (QED) is 0.473. The smallest absolute Gasteiger partial charge is 0.210 e. The van der Waals surface area contributed by atoms with Gasteiger partial charge < -0.3 is 5.32 Å². The van der Waals surface area contributed by atoms with E-state index in [0.29, 0.717) is 6.54 Å². The van der Waals surface area contributed by atoms with Gasteiger partial charge in [-0.25, -0.2) is 26.7 Å². The summed E-state index contributed by atoms with van der Waals surface area (Å²) in [5, 5.41) is 7.63. The minimum absolute atomic E-state index is 0.179. The molecule has 0 heterocycles. The third-order valence-corrected chi connectivity index (χ3v) is 3.29. The summed E-state index contributed by atoms with van der Waals surface area (Å²) < 4.78 is 45.6. The number of primary sulfonamides is 1. The van der Waals surface area contributed by atoms with Crippen molar-refractivity contribution in [2.24, 2.45) is 5.14 Å². The molecule has 0 aromatic heterocycles. The molecule has 0 aromatic rings. The number of nitrogens with one attached hydrogen (secondary N) is 2. The minimum atomic E-state index is -3.48. The van der Waals surface area contributed by atoms with E-state index >= 15 is 0 Å². The standard InChI is InChI=1S/C7H19N3O4S2/c1-7(2,10-15(3,11)12)6-9-4-5-16(8,13)14/h9-10H,4-6H2,1-3H3,(H2,8,13,14). The highest BCUT2D eigenvalue weighted by molar-refractivity contribution is 7.89. The fourth-order valence-corrected chi connectivity index (χ4v) is 2.66. The van der Waals surface area contributed by atoms with Crippen LogP contribution in [0.15, 0.2) is 0 Å². The van der Waals surface area contributed by atoms with Crippen LogP contribution in [0.5, 0.6) is 0 Å². The fraction of sp³-hybridized carbons (Fsp3) is 1.00. The summed E-state index contributed by atoms with van der Waals surface area (Å²) in [6, 6.07) is 0. The molecule has 0 aliphatic heterocycles. The van der Waals surface area contributed by atoms with Crippen molar-refractivity contribution in [1.29, 1.82) is 0 Å². The Labute approximate surface area is 96.9 Å². The van der Waals surface area contributed by atoms with Crippen LogP contribution in [-0.4, -0.2) is 47.5 Å². The molecule has 9 heteroatoms. The summed E-state index contributed by atoms with van der Waals surface area (Å²) in [6.07, 6.45) is 1.07. The largest absolute Gasteiger partial charge is 0.314 e. The van der Waals surface area contributed by atoms with Crippen molar-refractivity contribution in [3.05, 3.63) is 0 Å². The number of nitrogens with two attached hydrogens (primary N) is 1. The van der Waals surface area contributed by atoms with E-state index in [1.165, 1.54) is 0 Å². The Morgan fingerprint density at radius 2 is 1.69 bits per heavy atom. The zero-order chi connectivity index (χ0) is 13.0. The first-order valence-corrected chi connectivity index (χ1v) is 8.22. The maximum atomic E-state index is 11.0. The lowest BCUT2D eigenvalue weighted by molar-refractivity contribution is 0.426. The van der Waals surface area contributed by atoms with Gasteiger partial charge in [-0.3, -0.25) is 0 Å². The summed E-state index contributed by atoms with van der Waals surface area (Å²) in [5.41, 5.74) is -0.675. The van der Waals surface area contributed by atoms with Gasteiger partial charge in [-0.2, -0.15) is 0 Å². The van der Waals surface area contributed by atoms with E-state index in [0.717, 1.165) is 6.26 Å². The average molecular weight is 273 g/mol. The van der Waals surface area contributed by atoms with Gasteiger partial charge in [-0.15, -0.1) is 0 Å². The van der Waals surface area contributed by atoms with Crippen LogP contribution in [0.4, 0.5) is 0 Å². The van der Waals surface area contributed by atoms with Crippen LogP contribution in [0, 0.1) is 0 Å². The normalized spacial score (nSPS) is 14.0. The molecule has 0 fully saturated rings. The summed E-state index contributed by atoms with van der Waals surface area (Å²) in [6.45, 7) is 3.89. The molecule has 0 aliphatic rings. The summed E-state index contributed by atoms with van der Waals surface area (Å²) in [5.74, 6) is -0.179. The Bertz CT molecular complexity index is 413. The van der Waals surface area contributed by atoms with E-state index in [1.54, 1.807) is 13.8 Å². The Balaban J connectivity index is 4.02. The molecule has 0 bridgehead atoms. The van der Waals surface area contributed by atoms with Gasteiger partial charge in [0.25, 0.3) is 0 Å². The molecule has 0 aromatic carbocycles. The molecule has 0 saturated carbocycles. The van der Waals surface area contributed by atoms with Crippen molar-refractivity contribution in [1.82, 2.24) is 10.0 Å². The maximum Gasteiger partial charge on any atom is 0.210 e. The minimum Gasteiger partial charge on any atom is -0.314 e. The number of sulfonamides is 2. The van der Waals surface area contributed by atoms with Gasteiger partial charge in [0, 0.05) is 18.6 Å². The van der Waals surface area contributed by atoms with E-state index < -0.39 is 25.6 Å². The molecular weight excluding hydrogens is 254 g/mol. The van der Waals surface area contributed by atoms with E-state index in [2.05, 4.69) is 10.0 Å². The molecule has 0 unspecified atom stereocenters. The topological polar surface area (TPSA) is 118 Å². The second-order valence-corrected chi connectivity index (χ2v) is 7.78. The van der Waals surface area contributed by atoms with Crippen molar-refractivity contribution in [2.45, 2.75) is 19.4 Å². The molecule has 16 heavy (non-hydrogen) atoms. The summed E-state index contributed by atoms with van der Waals surface area (Å²) in [4.78, 5) is 0. The number of hydrogen-bond donors (Lipinski definition) is 3. The number of hydrogen-bond acceptors (Lipinski definition) is 5. The third kappa shape index (κ3) is 10.3. The van der Waals surface area contributed by atoms with Gasteiger partial charge in [-0.1, -0.05) is 0 Å². The molecule has 98 valence electrons. The molecule has 0 spiro atoms. The Morgan fingerprint density at radius 3 is 2.06 bits per heavy atom. The average Bonchev–Trinajstić information content (AvgIpc) is 1.91. The van der Waals surface area contributed by atoms with Crippen LogP contribution in [-0.2, 0) is 20.0 Å². The van der Waals surface area contributed by atoms with Crippen molar-refractivity contribution >= 4 is 20.0 Å². The lowest BCUT2D eigenvalue weighted by Crippen LogP contribution is -2.50. The van der Waals surface area contributed by atoms with Crippen LogP contribution >= 0.6 is 0 Å². The fourth-order valence-electron chi connectivity index (χ4n) is 1.15. The highest BCUT2D eigenvalue weighted by Gasteiger charge is 2.21. The molecule has 0 atom stereocenters. The van der Waals surface area contributed by atoms with Crippen LogP contribution in [0.2, 0.25) is 0 Å². The van der Waals surface area contributed by atoms with Crippen molar-refractivity contribution in [2.75, 3.05) is 25.1 Å². The lowest BCUT2D eigenvalue weighted by atomic mass is 10.1.